The summed E-state index contributed by atoms with van der Waals surface area (Å²) in [5, 5.41) is 0. The van der Waals surface area contributed by atoms with Crippen molar-refractivity contribution < 1.29 is 23.0 Å². The molecular weight excluding hydrogens is 242 g/mol. The molecular formula is C13H14F2O3. The van der Waals surface area contributed by atoms with Gasteiger partial charge in [-0.05, 0) is 18.4 Å². The van der Waals surface area contributed by atoms with Gasteiger partial charge in [-0.15, -0.1) is 0 Å². The number of ether oxygens (including phenoxy) is 2. The predicted octanol–water partition coefficient (Wildman–Crippen LogP) is 2.75. The molecule has 0 radical (unpaired) electrons. The molecule has 0 saturated heterocycles. The van der Waals surface area contributed by atoms with Crippen LogP contribution >= 0.6 is 0 Å². The number of hydrogen-bond donors (Lipinski definition) is 0. The Hall–Kier alpha value is -1.49. The van der Waals surface area contributed by atoms with Gasteiger partial charge in [-0.2, -0.15) is 8.78 Å². The summed E-state index contributed by atoms with van der Waals surface area (Å²) < 4.78 is 33.1. The van der Waals surface area contributed by atoms with Gasteiger partial charge in [-0.3, -0.25) is 4.79 Å². The van der Waals surface area contributed by atoms with Gasteiger partial charge >= 0.3 is 12.6 Å². The van der Waals surface area contributed by atoms with Gasteiger partial charge in [0.2, 0.25) is 0 Å². The van der Waals surface area contributed by atoms with Gasteiger partial charge in [0.1, 0.15) is 6.61 Å². The van der Waals surface area contributed by atoms with E-state index in [0.717, 1.165) is 5.56 Å². The van der Waals surface area contributed by atoms with Crippen molar-refractivity contribution in [3.8, 4) is 0 Å². The maximum atomic E-state index is 11.9. The Labute approximate surface area is 104 Å². The lowest BCUT2D eigenvalue weighted by Gasteiger charge is -2.32. The average molecular weight is 256 g/mol. The maximum absolute atomic E-state index is 11.9. The summed E-state index contributed by atoms with van der Waals surface area (Å²) >= 11 is 0. The highest BCUT2D eigenvalue weighted by atomic mass is 19.3. The van der Waals surface area contributed by atoms with Crippen LogP contribution in [0.3, 0.4) is 0 Å². The van der Waals surface area contributed by atoms with E-state index >= 15 is 0 Å². The third-order valence-corrected chi connectivity index (χ3v) is 2.95. The van der Waals surface area contributed by atoms with Gasteiger partial charge in [0, 0.05) is 0 Å². The Kier molecular flexibility index (Phi) is 4.25. The topological polar surface area (TPSA) is 35.5 Å². The Bertz CT molecular complexity index is 388. The fourth-order valence-electron chi connectivity index (χ4n) is 1.86. The van der Waals surface area contributed by atoms with E-state index in [9.17, 15) is 13.6 Å². The highest BCUT2D eigenvalue weighted by molar-refractivity contribution is 5.73. The number of carbonyl (C=O) groups is 1. The number of esters is 1. The number of carbonyl (C=O) groups excluding carboxylic acids is 1. The molecule has 0 unspecified atom stereocenters. The van der Waals surface area contributed by atoms with Crippen LogP contribution in [-0.4, -0.2) is 18.7 Å². The molecule has 0 spiro atoms. The fourth-order valence-corrected chi connectivity index (χ4v) is 1.86. The normalized spacial score (nSPS) is 22.6. The zero-order valence-electron chi connectivity index (χ0n) is 9.72. The molecule has 0 atom stereocenters. The van der Waals surface area contributed by atoms with Crippen molar-refractivity contribution in [3.63, 3.8) is 0 Å². The Morgan fingerprint density at radius 1 is 1.28 bits per heavy atom. The van der Waals surface area contributed by atoms with Gasteiger partial charge in [0.05, 0.1) is 12.0 Å². The second-order valence-corrected chi connectivity index (χ2v) is 4.28. The van der Waals surface area contributed by atoms with Crippen LogP contribution in [0.25, 0.3) is 0 Å². The summed E-state index contributed by atoms with van der Waals surface area (Å²) in [7, 11) is 0. The Morgan fingerprint density at radius 2 is 1.94 bits per heavy atom. The zero-order valence-corrected chi connectivity index (χ0v) is 9.72. The van der Waals surface area contributed by atoms with Crippen LogP contribution in [0.2, 0.25) is 0 Å². The van der Waals surface area contributed by atoms with Gasteiger partial charge in [-0.25, -0.2) is 0 Å². The number of alkyl halides is 2. The third-order valence-electron chi connectivity index (χ3n) is 2.95. The van der Waals surface area contributed by atoms with Gasteiger partial charge < -0.3 is 9.47 Å². The van der Waals surface area contributed by atoms with Crippen molar-refractivity contribution in [2.75, 3.05) is 0 Å². The van der Waals surface area contributed by atoms with Crippen LogP contribution in [0.15, 0.2) is 30.3 Å². The number of halogens is 2. The van der Waals surface area contributed by atoms with Gasteiger partial charge in [-0.1, -0.05) is 30.3 Å². The smallest absolute Gasteiger partial charge is 0.345 e. The summed E-state index contributed by atoms with van der Waals surface area (Å²) in [4.78, 5) is 11.6. The molecule has 1 saturated carbocycles. The molecule has 0 heterocycles. The molecule has 2 rings (SSSR count). The van der Waals surface area contributed by atoms with Crippen molar-refractivity contribution in [1.82, 2.24) is 0 Å². The molecule has 98 valence electrons. The van der Waals surface area contributed by atoms with Crippen LogP contribution in [0.1, 0.15) is 18.4 Å². The molecule has 0 aromatic heterocycles. The minimum absolute atomic E-state index is 0.219. The standard InChI is InChI=1S/C13H14F2O3/c14-13(15)18-11-6-10(7-11)12(16)17-8-9-4-2-1-3-5-9/h1-5,10-11,13H,6-8H2. The lowest BCUT2D eigenvalue weighted by atomic mass is 9.82. The lowest BCUT2D eigenvalue weighted by Crippen LogP contribution is -2.38. The Balaban J connectivity index is 1.68. The van der Waals surface area contributed by atoms with E-state index in [1.165, 1.54) is 0 Å². The molecule has 3 nitrogen and oxygen atoms in total. The van der Waals surface area contributed by atoms with Crippen molar-refractivity contribution in [2.45, 2.75) is 32.2 Å². The monoisotopic (exact) mass is 256 g/mol. The zero-order chi connectivity index (χ0) is 13.0. The van der Waals surface area contributed by atoms with E-state index < -0.39 is 12.7 Å². The first-order valence-electron chi connectivity index (χ1n) is 5.79. The molecule has 5 heteroatoms. The maximum Gasteiger partial charge on any atom is 0.345 e. The molecule has 0 amide bonds. The lowest BCUT2D eigenvalue weighted by molar-refractivity contribution is -0.199. The molecule has 1 aromatic rings. The number of rotatable bonds is 5. The largest absolute Gasteiger partial charge is 0.461 e. The van der Waals surface area contributed by atoms with Gasteiger partial charge in [0.15, 0.2) is 0 Å². The molecule has 1 aliphatic carbocycles. The fraction of sp³-hybridized carbons (Fsp3) is 0.462. The number of benzene rings is 1. The van der Waals surface area contributed by atoms with E-state index in [1.54, 1.807) is 0 Å². The van der Waals surface area contributed by atoms with E-state index in [2.05, 4.69) is 4.74 Å². The first-order valence-corrected chi connectivity index (χ1v) is 5.79. The SMILES string of the molecule is O=C(OCc1ccccc1)C1CC(OC(F)F)C1. The predicted molar refractivity (Wildman–Crippen MR) is 59.8 cm³/mol. The molecule has 18 heavy (non-hydrogen) atoms. The average Bonchev–Trinajstić information content (AvgIpc) is 2.31. The van der Waals surface area contributed by atoms with Crippen LogP contribution in [0.5, 0.6) is 0 Å². The van der Waals surface area contributed by atoms with E-state index in [0.29, 0.717) is 12.8 Å². The van der Waals surface area contributed by atoms with E-state index in [-0.39, 0.29) is 18.5 Å². The quantitative estimate of drug-likeness (QED) is 0.760. The van der Waals surface area contributed by atoms with Crippen LogP contribution in [0.4, 0.5) is 8.78 Å². The molecule has 1 fully saturated rings. The molecule has 1 aromatic carbocycles. The van der Waals surface area contributed by atoms with Crippen molar-refractivity contribution in [3.05, 3.63) is 35.9 Å². The van der Waals surface area contributed by atoms with Crippen molar-refractivity contribution >= 4 is 5.97 Å². The minimum atomic E-state index is -2.77. The van der Waals surface area contributed by atoms with Crippen LogP contribution in [0, 0.1) is 5.92 Å². The van der Waals surface area contributed by atoms with Crippen molar-refractivity contribution in [2.24, 2.45) is 5.92 Å². The first-order chi connectivity index (χ1) is 8.65. The van der Waals surface area contributed by atoms with Crippen molar-refractivity contribution in [1.29, 1.82) is 0 Å². The molecule has 1 aliphatic rings. The second-order valence-electron chi connectivity index (χ2n) is 4.28. The summed E-state index contributed by atoms with van der Waals surface area (Å²) in [6.07, 6.45) is 0.120. The highest BCUT2D eigenvalue weighted by Gasteiger charge is 2.37. The summed E-state index contributed by atoms with van der Waals surface area (Å²) in [5.74, 6) is -0.648. The van der Waals surface area contributed by atoms with Crippen LogP contribution < -0.4 is 0 Å². The highest BCUT2D eigenvalue weighted by Crippen LogP contribution is 2.32. The first kappa shape index (κ1) is 13.0. The van der Waals surface area contributed by atoms with E-state index in [1.807, 2.05) is 30.3 Å². The Morgan fingerprint density at radius 3 is 2.56 bits per heavy atom. The molecule has 0 N–H and O–H groups in total. The number of hydrogen-bond acceptors (Lipinski definition) is 3. The van der Waals surface area contributed by atoms with Gasteiger partial charge in [0.25, 0.3) is 0 Å². The van der Waals surface area contributed by atoms with E-state index in [4.69, 9.17) is 4.74 Å². The third kappa shape index (κ3) is 3.50. The summed E-state index contributed by atoms with van der Waals surface area (Å²) in [5.41, 5.74) is 0.908. The molecule has 0 bridgehead atoms. The summed E-state index contributed by atoms with van der Waals surface area (Å²) in [6.45, 7) is -2.55. The minimum Gasteiger partial charge on any atom is -0.461 e. The molecule has 0 aliphatic heterocycles. The van der Waals surface area contributed by atoms with Crippen LogP contribution in [-0.2, 0) is 20.9 Å². The summed E-state index contributed by atoms with van der Waals surface area (Å²) in [6, 6.07) is 9.31. The second kappa shape index (κ2) is 5.91.